The van der Waals surface area contributed by atoms with Crippen LogP contribution in [0, 0.1) is 17.6 Å². The van der Waals surface area contributed by atoms with Gasteiger partial charge in [-0.2, -0.15) is 0 Å². The van der Waals surface area contributed by atoms with E-state index in [2.05, 4.69) is 4.90 Å². The summed E-state index contributed by atoms with van der Waals surface area (Å²) in [6.45, 7) is 2.62. The first-order valence-corrected chi connectivity index (χ1v) is 6.53. The van der Waals surface area contributed by atoms with Crippen molar-refractivity contribution in [2.75, 3.05) is 33.4 Å². The van der Waals surface area contributed by atoms with Crippen LogP contribution >= 0.6 is 0 Å². The lowest BCUT2D eigenvalue weighted by molar-refractivity contribution is 0.147. The van der Waals surface area contributed by atoms with E-state index in [1.165, 1.54) is 6.07 Å². The zero-order chi connectivity index (χ0) is 13.8. The van der Waals surface area contributed by atoms with Crippen molar-refractivity contribution in [3.05, 3.63) is 35.4 Å². The van der Waals surface area contributed by atoms with Crippen LogP contribution < -0.4 is 5.73 Å². The van der Waals surface area contributed by atoms with Crippen LogP contribution in [0.25, 0.3) is 0 Å². The van der Waals surface area contributed by atoms with Gasteiger partial charge in [0, 0.05) is 25.8 Å². The molecule has 2 atom stereocenters. The second kappa shape index (κ2) is 6.41. The predicted molar refractivity (Wildman–Crippen MR) is 69.7 cm³/mol. The molecule has 2 unspecified atom stereocenters. The van der Waals surface area contributed by atoms with E-state index >= 15 is 0 Å². The number of nitrogens with zero attached hydrogens (tertiary/aromatic N) is 1. The van der Waals surface area contributed by atoms with E-state index in [-0.39, 0.29) is 12.6 Å². The minimum absolute atomic E-state index is 0.266. The van der Waals surface area contributed by atoms with Gasteiger partial charge in [-0.05, 0) is 37.1 Å². The maximum absolute atomic E-state index is 13.8. The molecule has 3 nitrogen and oxygen atoms in total. The van der Waals surface area contributed by atoms with Crippen LogP contribution in [0.4, 0.5) is 8.78 Å². The van der Waals surface area contributed by atoms with Gasteiger partial charge in [0.2, 0.25) is 0 Å². The standard InChI is InChI=1S/C14H20F2N2O/c1-19-9-10-4-5-18(8-10)14(7-17)12-6-11(15)2-3-13(12)16/h2-3,6,10,14H,4-5,7-9,17H2,1H3. The van der Waals surface area contributed by atoms with Crippen LogP contribution in [-0.2, 0) is 4.74 Å². The van der Waals surface area contributed by atoms with Crippen LogP contribution in [0.3, 0.4) is 0 Å². The molecule has 5 heteroatoms. The van der Waals surface area contributed by atoms with Crippen LogP contribution in [0.2, 0.25) is 0 Å². The van der Waals surface area contributed by atoms with Gasteiger partial charge >= 0.3 is 0 Å². The lowest BCUT2D eigenvalue weighted by atomic mass is 10.0. The largest absolute Gasteiger partial charge is 0.384 e. The molecule has 0 spiro atoms. The summed E-state index contributed by atoms with van der Waals surface area (Å²) in [5.74, 6) is -0.384. The summed E-state index contributed by atoms with van der Waals surface area (Å²) in [5.41, 5.74) is 6.11. The van der Waals surface area contributed by atoms with Gasteiger partial charge in [-0.25, -0.2) is 8.78 Å². The minimum atomic E-state index is -0.428. The maximum Gasteiger partial charge on any atom is 0.128 e. The third kappa shape index (κ3) is 3.29. The van der Waals surface area contributed by atoms with Gasteiger partial charge in [-0.15, -0.1) is 0 Å². The fourth-order valence-electron chi connectivity index (χ4n) is 2.76. The quantitative estimate of drug-likeness (QED) is 0.888. The third-order valence-corrected chi connectivity index (χ3v) is 3.70. The molecule has 106 valence electrons. The average molecular weight is 270 g/mol. The highest BCUT2D eigenvalue weighted by atomic mass is 19.1. The first-order chi connectivity index (χ1) is 9.15. The highest BCUT2D eigenvalue weighted by Gasteiger charge is 2.29. The maximum atomic E-state index is 13.8. The Kier molecular flexibility index (Phi) is 4.85. The lowest BCUT2D eigenvalue weighted by Gasteiger charge is -2.27. The molecule has 0 radical (unpaired) electrons. The molecule has 19 heavy (non-hydrogen) atoms. The molecule has 1 fully saturated rings. The first kappa shape index (κ1) is 14.4. The van der Waals surface area contributed by atoms with Crippen molar-refractivity contribution in [3.8, 4) is 0 Å². The van der Waals surface area contributed by atoms with Crippen LogP contribution in [-0.4, -0.2) is 38.3 Å². The molecule has 0 saturated carbocycles. The number of nitrogens with two attached hydrogens (primary N) is 1. The van der Waals surface area contributed by atoms with E-state index in [1.54, 1.807) is 7.11 Å². The molecule has 2 rings (SSSR count). The molecular weight excluding hydrogens is 250 g/mol. The minimum Gasteiger partial charge on any atom is -0.384 e. The number of benzene rings is 1. The summed E-state index contributed by atoms with van der Waals surface area (Å²) in [5, 5.41) is 0. The van der Waals surface area contributed by atoms with E-state index in [0.29, 0.717) is 18.1 Å². The number of methoxy groups -OCH3 is 1. The van der Waals surface area contributed by atoms with Crippen molar-refractivity contribution in [2.24, 2.45) is 11.7 Å². The summed E-state index contributed by atoms with van der Waals surface area (Å²) in [7, 11) is 1.68. The smallest absolute Gasteiger partial charge is 0.128 e. The summed E-state index contributed by atoms with van der Waals surface area (Å²) >= 11 is 0. The molecule has 0 aliphatic carbocycles. The van der Waals surface area contributed by atoms with Crippen molar-refractivity contribution >= 4 is 0 Å². The van der Waals surface area contributed by atoms with Gasteiger partial charge in [0.25, 0.3) is 0 Å². The number of hydrogen-bond donors (Lipinski definition) is 1. The van der Waals surface area contributed by atoms with Gasteiger partial charge in [-0.1, -0.05) is 0 Å². The molecule has 0 bridgehead atoms. The Bertz CT molecular complexity index is 428. The van der Waals surface area contributed by atoms with Gasteiger partial charge < -0.3 is 10.5 Å². The Morgan fingerprint density at radius 1 is 1.47 bits per heavy atom. The highest BCUT2D eigenvalue weighted by Crippen LogP contribution is 2.29. The van der Waals surface area contributed by atoms with Crippen LogP contribution in [0.15, 0.2) is 18.2 Å². The Balaban J connectivity index is 2.14. The van der Waals surface area contributed by atoms with E-state index in [1.807, 2.05) is 0 Å². The zero-order valence-corrected chi connectivity index (χ0v) is 11.1. The summed E-state index contributed by atoms with van der Waals surface area (Å²) in [6.07, 6.45) is 1.00. The Labute approximate surface area is 112 Å². The fourth-order valence-corrected chi connectivity index (χ4v) is 2.76. The molecule has 1 aromatic rings. The van der Waals surface area contributed by atoms with Crippen LogP contribution in [0.5, 0.6) is 0 Å². The summed E-state index contributed by atoms with van der Waals surface area (Å²) in [6, 6.07) is 3.27. The number of hydrogen-bond acceptors (Lipinski definition) is 3. The molecule has 1 heterocycles. The van der Waals surface area contributed by atoms with Gasteiger partial charge in [-0.3, -0.25) is 4.90 Å². The molecule has 1 aromatic carbocycles. The SMILES string of the molecule is COCC1CCN(C(CN)c2cc(F)ccc2F)C1. The van der Waals surface area contributed by atoms with Crippen molar-refractivity contribution in [1.82, 2.24) is 4.90 Å². The molecule has 1 aliphatic rings. The van der Waals surface area contributed by atoms with Crippen molar-refractivity contribution in [2.45, 2.75) is 12.5 Å². The van der Waals surface area contributed by atoms with E-state index < -0.39 is 11.6 Å². The molecule has 0 aromatic heterocycles. The molecule has 1 saturated heterocycles. The topological polar surface area (TPSA) is 38.5 Å². The predicted octanol–water partition coefficient (Wildman–Crippen LogP) is 1.93. The Morgan fingerprint density at radius 3 is 2.95 bits per heavy atom. The molecule has 1 aliphatic heterocycles. The van der Waals surface area contributed by atoms with Crippen molar-refractivity contribution in [3.63, 3.8) is 0 Å². The molecule has 2 N–H and O–H groups in total. The zero-order valence-electron chi connectivity index (χ0n) is 11.1. The lowest BCUT2D eigenvalue weighted by Crippen LogP contribution is -2.33. The normalized spacial score (nSPS) is 21.8. The van der Waals surface area contributed by atoms with E-state index in [0.717, 1.165) is 31.6 Å². The molecule has 0 amide bonds. The average Bonchev–Trinajstić information content (AvgIpc) is 2.83. The highest BCUT2D eigenvalue weighted by molar-refractivity contribution is 5.23. The second-order valence-corrected chi connectivity index (χ2v) is 5.02. The first-order valence-electron chi connectivity index (χ1n) is 6.53. The van der Waals surface area contributed by atoms with Crippen LogP contribution in [0.1, 0.15) is 18.0 Å². The Morgan fingerprint density at radius 2 is 2.26 bits per heavy atom. The number of likely N-dealkylation sites (tertiary alicyclic amines) is 1. The third-order valence-electron chi connectivity index (χ3n) is 3.70. The molecular formula is C14H20F2N2O. The van der Waals surface area contributed by atoms with Crippen molar-refractivity contribution in [1.29, 1.82) is 0 Å². The monoisotopic (exact) mass is 270 g/mol. The fraction of sp³-hybridized carbons (Fsp3) is 0.571. The van der Waals surface area contributed by atoms with E-state index in [9.17, 15) is 8.78 Å². The summed E-state index contributed by atoms with van der Waals surface area (Å²) in [4.78, 5) is 2.11. The summed E-state index contributed by atoms with van der Waals surface area (Å²) < 4.78 is 32.3. The number of rotatable bonds is 5. The Hall–Kier alpha value is -1.04. The van der Waals surface area contributed by atoms with Gasteiger partial charge in [0.15, 0.2) is 0 Å². The van der Waals surface area contributed by atoms with Gasteiger partial charge in [0.05, 0.1) is 12.6 Å². The van der Waals surface area contributed by atoms with Gasteiger partial charge in [0.1, 0.15) is 11.6 Å². The van der Waals surface area contributed by atoms with Crippen molar-refractivity contribution < 1.29 is 13.5 Å². The van der Waals surface area contributed by atoms with E-state index in [4.69, 9.17) is 10.5 Å². The second-order valence-electron chi connectivity index (χ2n) is 5.02. The number of ether oxygens (including phenoxy) is 1. The number of halogens is 2.